The van der Waals surface area contributed by atoms with Crippen molar-refractivity contribution >= 4 is 23.2 Å². The quantitative estimate of drug-likeness (QED) is 0.530. The van der Waals surface area contributed by atoms with Gasteiger partial charge in [0, 0.05) is 10.7 Å². The van der Waals surface area contributed by atoms with E-state index in [9.17, 15) is 15.2 Å². The number of amides is 1. The molecule has 0 aliphatic rings. The Balaban J connectivity index is 1.94. The summed E-state index contributed by atoms with van der Waals surface area (Å²) >= 11 is 5.97. The number of rotatable bonds is 4. The number of hydrogen-bond donors (Lipinski definition) is 2. The van der Waals surface area contributed by atoms with E-state index >= 15 is 0 Å². The summed E-state index contributed by atoms with van der Waals surface area (Å²) in [6.45, 7) is 7.45. The molecule has 1 atom stereocenters. The van der Waals surface area contributed by atoms with Crippen LogP contribution in [-0.4, -0.2) is 11.0 Å². The highest BCUT2D eigenvalue weighted by atomic mass is 35.5. The molecule has 5 heteroatoms. The first-order valence-corrected chi connectivity index (χ1v) is 9.97. The van der Waals surface area contributed by atoms with Gasteiger partial charge in [-0.15, -0.1) is 0 Å². The zero-order valence-electron chi connectivity index (χ0n) is 17.4. The summed E-state index contributed by atoms with van der Waals surface area (Å²) in [4.78, 5) is 12.8. The van der Waals surface area contributed by atoms with Crippen LogP contribution in [0.4, 0.5) is 5.69 Å². The number of benzene rings is 3. The predicted molar refractivity (Wildman–Crippen MR) is 120 cm³/mol. The van der Waals surface area contributed by atoms with Crippen molar-refractivity contribution in [3.05, 3.63) is 92.5 Å². The largest absolute Gasteiger partial charge is 0.507 e. The Labute approximate surface area is 181 Å². The van der Waals surface area contributed by atoms with E-state index in [1.54, 1.807) is 25.1 Å². The van der Waals surface area contributed by atoms with Crippen LogP contribution in [0.2, 0.25) is 5.02 Å². The number of nitriles is 1. The maximum atomic E-state index is 12.8. The zero-order valence-corrected chi connectivity index (χ0v) is 18.1. The van der Waals surface area contributed by atoms with E-state index in [-0.39, 0.29) is 17.2 Å². The van der Waals surface area contributed by atoms with Crippen LogP contribution in [0.25, 0.3) is 0 Å². The van der Waals surface area contributed by atoms with Crippen LogP contribution in [0.15, 0.2) is 48.5 Å². The van der Waals surface area contributed by atoms with Gasteiger partial charge in [0.2, 0.25) is 0 Å². The molecule has 0 radical (unpaired) electrons. The van der Waals surface area contributed by atoms with E-state index in [2.05, 4.69) is 11.4 Å². The van der Waals surface area contributed by atoms with Gasteiger partial charge < -0.3 is 10.4 Å². The van der Waals surface area contributed by atoms with E-state index in [1.165, 1.54) is 0 Å². The first-order valence-electron chi connectivity index (χ1n) is 9.59. The van der Waals surface area contributed by atoms with Gasteiger partial charge in [-0.3, -0.25) is 4.79 Å². The molecule has 2 N–H and O–H groups in total. The molecule has 0 saturated heterocycles. The Bertz CT molecular complexity index is 1160. The summed E-state index contributed by atoms with van der Waals surface area (Å²) in [5, 5.41) is 23.6. The number of phenols is 1. The number of hydrogen-bond acceptors (Lipinski definition) is 3. The smallest absolute Gasteiger partial charge is 0.259 e. The van der Waals surface area contributed by atoms with Crippen LogP contribution >= 0.6 is 11.6 Å². The number of aromatic hydroxyl groups is 1. The Hall–Kier alpha value is -3.29. The molecule has 0 fully saturated rings. The lowest BCUT2D eigenvalue weighted by molar-refractivity contribution is 0.102. The summed E-state index contributed by atoms with van der Waals surface area (Å²) in [5.41, 5.74) is 5.91. The maximum absolute atomic E-state index is 12.8. The molecule has 0 bridgehead atoms. The molecule has 1 amide bonds. The molecule has 0 saturated carbocycles. The number of carbonyl (C=O) groups excluding carboxylic acids is 1. The summed E-state index contributed by atoms with van der Waals surface area (Å²) in [7, 11) is 0. The molecule has 0 heterocycles. The van der Waals surface area contributed by atoms with Crippen LogP contribution in [0, 0.1) is 39.0 Å². The third-order valence-corrected chi connectivity index (χ3v) is 5.45. The Morgan fingerprint density at radius 3 is 2.30 bits per heavy atom. The fourth-order valence-corrected chi connectivity index (χ4v) is 3.71. The Morgan fingerprint density at radius 1 is 1.00 bits per heavy atom. The Morgan fingerprint density at radius 2 is 1.67 bits per heavy atom. The zero-order chi connectivity index (χ0) is 22.0. The van der Waals surface area contributed by atoms with Crippen molar-refractivity contribution in [1.82, 2.24) is 0 Å². The van der Waals surface area contributed by atoms with Crippen molar-refractivity contribution in [1.29, 1.82) is 5.26 Å². The minimum absolute atomic E-state index is 0.0172. The third kappa shape index (κ3) is 4.32. The average Bonchev–Trinajstić information content (AvgIpc) is 2.70. The molecule has 3 aromatic rings. The summed E-state index contributed by atoms with van der Waals surface area (Å²) in [6.07, 6.45) is 0. The van der Waals surface area contributed by atoms with Gasteiger partial charge in [0.25, 0.3) is 5.91 Å². The van der Waals surface area contributed by atoms with Crippen LogP contribution in [0.5, 0.6) is 5.75 Å². The van der Waals surface area contributed by atoms with E-state index in [0.717, 1.165) is 27.8 Å². The molecule has 0 aliphatic carbocycles. The number of anilines is 1. The van der Waals surface area contributed by atoms with Crippen molar-refractivity contribution in [2.45, 2.75) is 33.6 Å². The van der Waals surface area contributed by atoms with Crippen LogP contribution in [0.3, 0.4) is 0 Å². The molecular weight excluding hydrogens is 396 g/mol. The molecule has 152 valence electrons. The van der Waals surface area contributed by atoms with Crippen molar-refractivity contribution in [3.63, 3.8) is 0 Å². The van der Waals surface area contributed by atoms with Gasteiger partial charge in [0.15, 0.2) is 0 Å². The second-order valence-corrected chi connectivity index (χ2v) is 8.01. The summed E-state index contributed by atoms with van der Waals surface area (Å²) in [6, 6.07) is 16.9. The lowest BCUT2D eigenvalue weighted by atomic mass is 9.88. The fraction of sp³-hybridized carbons (Fsp3) is 0.200. The lowest BCUT2D eigenvalue weighted by Crippen LogP contribution is -2.14. The van der Waals surface area contributed by atoms with Crippen LogP contribution in [-0.2, 0) is 0 Å². The van der Waals surface area contributed by atoms with E-state index in [4.69, 9.17) is 11.6 Å². The monoisotopic (exact) mass is 418 g/mol. The van der Waals surface area contributed by atoms with Crippen molar-refractivity contribution in [2.75, 3.05) is 5.32 Å². The van der Waals surface area contributed by atoms with Gasteiger partial charge in [0.05, 0.1) is 17.6 Å². The molecule has 3 aromatic carbocycles. The maximum Gasteiger partial charge on any atom is 0.259 e. The van der Waals surface area contributed by atoms with Crippen LogP contribution < -0.4 is 5.32 Å². The number of nitrogens with one attached hydrogen (secondary N) is 1. The molecule has 0 aliphatic heterocycles. The standard InChI is InChI=1S/C25H23ClN2O2/c1-14-9-17(4)24(29)21(10-14)25(30)28-23-12-15(2)20(11-16(23)3)22(13-27)18-5-7-19(26)8-6-18/h5-12,22,29H,1-4H3,(H,28,30). The molecule has 4 nitrogen and oxygen atoms in total. The highest BCUT2D eigenvalue weighted by Gasteiger charge is 2.19. The molecule has 0 spiro atoms. The molecule has 1 unspecified atom stereocenters. The number of nitrogens with zero attached hydrogens (tertiary/aromatic N) is 1. The SMILES string of the molecule is Cc1cc(C)c(O)c(C(=O)Nc2cc(C)c(C(C#N)c3ccc(Cl)cc3)cc2C)c1. The van der Waals surface area contributed by atoms with Gasteiger partial charge in [0.1, 0.15) is 5.75 Å². The second-order valence-electron chi connectivity index (χ2n) is 7.57. The van der Waals surface area contributed by atoms with E-state index in [0.29, 0.717) is 16.3 Å². The van der Waals surface area contributed by atoms with Gasteiger partial charge in [-0.2, -0.15) is 5.26 Å². The van der Waals surface area contributed by atoms with Gasteiger partial charge in [-0.1, -0.05) is 35.9 Å². The predicted octanol–water partition coefficient (Wildman–Crippen LogP) is 6.19. The van der Waals surface area contributed by atoms with Crippen molar-refractivity contribution in [3.8, 4) is 11.8 Å². The van der Waals surface area contributed by atoms with Gasteiger partial charge in [-0.25, -0.2) is 0 Å². The Kier molecular flexibility index (Phi) is 6.14. The first kappa shape index (κ1) is 21.4. The average molecular weight is 419 g/mol. The van der Waals surface area contributed by atoms with Crippen molar-refractivity contribution < 1.29 is 9.90 Å². The number of aryl methyl sites for hydroxylation is 4. The minimum Gasteiger partial charge on any atom is -0.507 e. The summed E-state index contributed by atoms with van der Waals surface area (Å²) in [5.74, 6) is -0.824. The topological polar surface area (TPSA) is 73.1 Å². The highest BCUT2D eigenvalue weighted by Crippen LogP contribution is 2.32. The van der Waals surface area contributed by atoms with Crippen LogP contribution in [0.1, 0.15) is 49.7 Å². The van der Waals surface area contributed by atoms with Crippen molar-refractivity contribution in [2.24, 2.45) is 0 Å². The number of halogens is 1. The van der Waals surface area contributed by atoms with E-state index in [1.807, 2.05) is 51.1 Å². The van der Waals surface area contributed by atoms with Gasteiger partial charge >= 0.3 is 0 Å². The normalized spacial score (nSPS) is 11.6. The third-order valence-electron chi connectivity index (χ3n) is 5.19. The first-order chi connectivity index (χ1) is 14.2. The molecule has 30 heavy (non-hydrogen) atoms. The molecule has 0 aromatic heterocycles. The van der Waals surface area contributed by atoms with Gasteiger partial charge in [-0.05, 0) is 85.3 Å². The van der Waals surface area contributed by atoms with E-state index < -0.39 is 5.92 Å². The molecule has 3 rings (SSSR count). The highest BCUT2D eigenvalue weighted by molar-refractivity contribution is 6.30. The fourth-order valence-electron chi connectivity index (χ4n) is 3.59. The second kappa shape index (κ2) is 8.61. The minimum atomic E-state index is -0.436. The number of phenolic OH excluding ortho intramolecular Hbond substituents is 1. The number of carbonyl (C=O) groups is 1. The lowest BCUT2D eigenvalue weighted by Gasteiger charge is -2.17. The molecular formula is C25H23ClN2O2. The summed E-state index contributed by atoms with van der Waals surface area (Å²) < 4.78 is 0.